The van der Waals surface area contributed by atoms with E-state index >= 15 is 0 Å². The smallest absolute Gasteiger partial charge is 0.0785 e. The van der Waals surface area contributed by atoms with Gasteiger partial charge in [-0.15, -0.1) is 23.1 Å². The van der Waals surface area contributed by atoms with E-state index in [0.717, 1.165) is 6.54 Å². The number of halogens is 1. The topological polar surface area (TPSA) is 3.24 Å². The van der Waals surface area contributed by atoms with Crippen molar-refractivity contribution in [3.8, 4) is 0 Å². The second kappa shape index (κ2) is 7.35. The van der Waals surface area contributed by atoms with Gasteiger partial charge in [0.15, 0.2) is 0 Å². The summed E-state index contributed by atoms with van der Waals surface area (Å²) in [7, 11) is 4.69. The first-order valence-corrected chi connectivity index (χ1v) is 5.91. The van der Waals surface area contributed by atoms with Gasteiger partial charge in [0.25, 0.3) is 0 Å². The molecule has 13 heavy (non-hydrogen) atoms. The molecule has 0 unspecified atom stereocenters. The third kappa shape index (κ3) is 5.29. The van der Waals surface area contributed by atoms with Crippen LogP contribution in [0.15, 0.2) is 16.3 Å². The maximum Gasteiger partial charge on any atom is 0.0785 e. The van der Waals surface area contributed by atoms with Gasteiger partial charge < -0.3 is 4.90 Å². The van der Waals surface area contributed by atoms with Crippen molar-refractivity contribution >= 4 is 23.1 Å². The minimum absolute atomic E-state index is 0.500. The Labute approximate surface area is 88.0 Å². The minimum atomic E-state index is 0.500. The van der Waals surface area contributed by atoms with Crippen LogP contribution in [0.5, 0.6) is 0 Å². The molecular formula is C9H16FNS2. The molecular weight excluding hydrogens is 205 g/mol. The molecule has 1 aromatic rings. The zero-order chi connectivity index (χ0) is 10.3. The largest absolute Gasteiger partial charge is 0.304 e. The van der Waals surface area contributed by atoms with Crippen LogP contribution in [0.25, 0.3) is 0 Å². The van der Waals surface area contributed by atoms with Crippen LogP contribution in [0.4, 0.5) is 4.39 Å². The van der Waals surface area contributed by atoms with Crippen molar-refractivity contribution in [2.24, 2.45) is 0 Å². The fourth-order valence-corrected chi connectivity index (χ4v) is 2.58. The Kier molecular flexibility index (Phi) is 7.32. The van der Waals surface area contributed by atoms with Gasteiger partial charge in [0, 0.05) is 11.4 Å². The maximum absolute atomic E-state index is 9.50. The van der Waals surface area contributed by atoms with Gasteiger partial charge >= 0.3 is 0 Å². The molecule has 4 heteroatoms. The van der Waals surface area contributed by atoms with Crippen molar-refractivity contribution in [3.63, 3.8) is 0 Å². The predicted molar refractivity (Wildman–Crippen MR) is 60.5 cm³/mol. The summed E-state index contributed by atoms with van der Waals surface area (Å²) in [6, 6.07) is 4.39. The Morgan fingerprint density at radius 2 is 2.00 bits per heavy atom. The molecule has 0 atom stereocenters. The first kappa shape index (κ1) is 12.9. The highest BCUT2D eigenvalue weighted by Crippen LogP contribution is 2.25. The molecule has 0 amide bonds. The lowest BCUT2D eigenvalue weighted by atomic mass is 10.4. The van der Waals surface area contributed by atoms with Gasteiger partial charge in [-0.1, -0.05) is 0 Å². The SMILES string of the molecule is CF.CSc1ccc(CN(C)C)s1. The average molecular weight is 221 g/mol. The zero-order valence-corrected chi connectivity index (χ0v) is 10.1. The van der Waals surface area contributed by atoms with E-state index in [-0.39, 0.29) is 0 Å². The van der Waals surface area contributed by atoms with Gasteiger partial charge in [-0.25, -0.2) is 0 Å². The van der Waals surface area contributed by atoms with Crippen LogP contribution < -0.4 is 0 Å². The number of alkyl halides is 1. The van der Waals surface area contributed by atoms with Crippen molar-refractivity contribution in [3.05, 3.63) is 17.0 Å². The quantitative estimate of drug-likeness (QED) is 0.722. The van der Waals surface area contributed by atoms with Crippen LogP contribution in [-0.2, 0) is 6.54 Å². The van der Waals surface area contributed by atoms with Crippen molar-refractivity contribution in [1.82, 2.24) is 4.90 Å². The summed E-state index contributed by atoms with van der Waals surface area (Å²) in [5.41, 5.74) is 0. The summed E-state index contributed by atoms with van der Waals surface area (Å²) in [5.74, 6) is 0. The Hall–Kier alpha value is -0.0600. The van der Waals surface area contributed by atoms with Crippen molar-refractivity contribution in [1.29, 1.82) is 0 Å². The fraction of sp³-hybridized carbons (Fsp3) is 0.556. The zero-order valence-electron chi connectivity index (χ0n) is 8.50. The van der Waals surface area contributed by atoms with Crippen molar-refractivity contribution in [2.75, 3.05) is 27.5 Å². The highest BCUT2D eigenvalue weighted by molar-refractivity contribution is 8.00. The van der Waals surface area contributed by atoms with E-state index < -0.39 is 0 Å². The Morgan fingerprint density at radius 1 is 1.38 bits per heavy atom. The van der Waals surface area contributed by atoms with Crippen LogP contribution in [0.3, 0.4) is 0 Å². The molecule has 1 nitrogen and oxygen atoms in total. The van der Waals surface area contributed by atoms with E-state index in [0.29, 0.717) is 7.18 Å². The lowest BCUT2D eigenvalue weighted by molar-refractivity contribution is 0.406. The van der Waals surface area contributed by atoms with Crippen LogP contribution in [-0.4, -0.2) is 32.4 Å². The summed E-state index contributed by atoms with van der Waals surface area (Å²) in [6.45, 7) is 1.06. The van der Waals surface area contributed by atoms with Crippen LogP contribution in [0.1, 0.15) is 4.88 Å². The fourth-order valence-electron chi connectivity index (χ4n) is 0.865. The maximum atomic E-state index is 9.50. The summed E-state index contributed by atoms with van der Waals surface area (Å²) in [6.07, 6.45) is 2.12. The molecule has 1 rings (SSSR count). The summed E-state index contributed by atoms with van der Waals surface area (Å²) < 4.78 is 10.9. The van der Waals surface area contributed by atoms with E-state index in [1.54, 1.807) is 0 Å². The third-order valence-corrected chi connectivity index (χ3v) is 3.46. The molecule has 0 aliphatic carbocycles. The Balaban J connectivity index is 0.000000671. The molecule has 0 fully saturated rings. The summed E-state index contributed by atoms with van der Waals surface area (Å²) in [5, 5.41) is 0. The van der Waals surface area contributed by atoms with Gasteiger partial charge in [0.1, 0.15) is 0 Å². The molecule has 1 aromatic heterocycles. The monoisotopic (exact) mass is 221 g/mol. The second-order valence-corrected chi connectivity index (χ2v) is 4.94. The molecule has 76 valence electrons. The van der Waals surface area contributed by atoms with Gasteiger partial charge in [0.05, 0.1) is 11.4 Å². The molecule has 0 aromatic carbocycles. The standard InChI is InChI=1S/C8H13NS2.CH3F/c1-9(2)6-7-4-5-8(10-3)11-7;1-2/h4-5H,6H2,1-3H3;1H3. The molecule has 0 saturated carbocycles. The molecule has 0 N–H and O–H groups in total. The van der Waals surface area contributed by atoms with Crippen LogP contribution in [0, 0.1) is 0 Å². The van der Waals surface area contributed by atoms with E-state index in [4.69, 9.17) is 0 Å². The number of rotatable bonds is 3. The predicted octanol–water partition coefficient (Wildman–Crippen LogP) is 3.12. The molecule has 0 bridgehead atoms. The first-order valence-electron chi connectivity index (χ1n) is 3.87. The van der Waals surface area contributed by atoms with E-state index in [2.05, 4.69) is 37.4 Å². The average Bonchev–Trinajstić information content (AvgIpc) is 2.55. The van der Waals surface area contributed by atoms with E-state index in [1.165, 1.54) is 9.09 Å². The van der Waals surface area contributed by atoms with Gasteiger partial charge in [-0.2, -0.15) is 0 Å². The third-order valence-electron chi connectivity index (χ3n) is 1.31. The summed E-state index contributed by atoms with van der Waals surface area (Å²) >= 11 is 3.70. The number of hydrogen-bond donors (Lipinski definition) is 0. The Bertz CT molecular complexity index is 223. The van der Waals surface area contributed by atoms with Crippen molar-refractivity contribution in [2.45, 2.75) is 10.8 Å². The normalized spacial score (nSPS) is 9.69. The molecule has 0 radical (unpaired) electrons. The van der Waals surface area contributed by atoms with Gasteiger partial charge in [0.2, 0.25) is 0 Å². The number of nitrogens with zero attached hydrogens (tertiary/aromatic N) is 1. The molecule has 0 saturated heterocycles. The van der Waals surface area contributed by atoms with Crippen molar-refractivity contribution < 1.29 is 4.39 Å². The second-order valence-electron chi connectivity index (χ2n) is 2.66. The lowest BCUT2D eigenvalue weighted by Gasteiger charge is -2.05. The lowest BCUT2D eigenvalue weighted by Crippen LogP contribution is -2.09. The first-order chi connectivity index (χ1) is 6.22. The van der Waals surface area contributed by atoms with E-state index in [1.807, 2.05) is 23.1 Å². The highest BCUT2D eigenvalue weighted by atomic mass is 32.2. The molecule has 0 aliphatic heterocycles. The van der Waals surface area contributed by atoms with E-state index in [9.17, 15) is 4.39 Å². The number of thiophene rings is 1. The molecule has 1 heterocycles. The molecule has 0 spiro atoms. The minimum Gasteiger partial charge on any atom is -0.304 e. The summed E-state index contributed by atoms with van der Waals surface area (Å²) in [4.78, 5) is 3.63. The number of hydrogen-bond acceptors (Lipinski definition) is 3. The van der Waals surface area contributed by atoms with Crippen LogP contribution >= 0.6 is 23.1 Å². The van der Waals surface area contributed by atoms with Gasteiger partial charge in [-0.05, 0) is 32.5 Å². The van der Waals surface area contributed by atoms with Crippen LogP contribution in [0.2, 0.25) is 0 Å². The number of thioether (sulfide) groups is 1. The molecule has 0 aliphatic rings. The highest BCUT2D eigenvalue weighted by Gasteiger charge is 1.98. The Morgan fingerprint density at radius 3 is 2.38 bits per heavy atom. The van der Waals surface area contributed by atoms with Gasteiger partial charge in [-0.3, -0.25) is 4.39 Å².